The standard InChI is InChI=1S/C42H52N6O8/c1-42(37(51)45-38(42)56-33-21-10-4-11-22-33)47-36(50)26-25-32-20-13-14-23-34(32)44-35(49)24-12-5-15-27-48(41(53)55-29-31-18-8-3-9-19-31)39(43)46-40(52)54-28-30-16-6-2-7-17-30/h2-4,6-11,16-19,21-22,32,34,38H,5,12-15,20,23-29H2,1H3,(H,44,49)(H,45,51)(H,47,50)(H2,43,46,52)/t32?,34-,38-,42+/m0/s1. The Kier molecular flexibility index (Phi) is 15.2. The number of amides is 5. The van der Waals surface area contributed by atoms with Crippen LogP contribution in [-0.2, 0) is 37.1 Å². The fourth-order valence-electron chi connectivity index (χ4n) is 6.80. The molecule has 0 spiro atoms. The highest BCUT2D eigenvalue weighted by Gasteiger charge is 2.54. The van der Waals surface area contributed by atoms with Crippen molar-refractivity contribution in [2.24, 2.45) is 5.92 Å². The smallest absolute Gasteiger partial charge is 0.416 e. The molecule has 0 radical (unpaired) electrons. The van der Waals surface area contributed by atoms with E-state index < -0.39 is 29.9 Å². The van der Waals surface area contributed by atoms with E-state index in [1.807, 2.05) is 66.7 Å². The average Bonchev–Trinajstić information content (AvgIpc) is 3.21. The van der Waals surface area contributed by atoms with E-state index in [-0.39, 0.29) is 62.3 Å². The Morgan fingerprint density at radius 1 is 0.804 bits per heavy atom. The van der Waals surface area contributed by atoms with Gasteiger partial charge in [0.1, 0.15) is 19.0 Å². The molecule has 5 rings (SSSR count). The molecule has 1 saturated carbocycles. The molecular formula is C42H52N6O8. The number of benzene rings is 3. The number of guanidine groups is 1. The molecule has 0 aromatic heterocycles. The minimum atomic E-state index is -1.18. The Hall–Kier alpha value is -5.92. The maximum absolute atomic E-state index is 13.1. The van der Waals surface area contributed by atoms with Crippen LogP contribution in [0.4, 0.5) is 9.59 Å². The highest BCUT2D eigenvalue weighted by molar-refractivity contribution is 5.99. The number of hydrogen-bond acceptors (Lipinski definition) is 9. The van der Waals surface area contributed by atoms with E-state index in [0.29, 0.717) is 31.4 Å². The van der Waals surface area contributed by atoms with Crippen LogP contribution in [0.5, 0.6) is 5.75 Å². The molecule has 298 valence electrons. The van der Waals surface area contributed by atoms with Crippen LogP contribution >= 0.6 is 0 Å². The summed E-state index contributed by atoms with van der Waals surface area (Å²) in [7, 11) is 0. The molecule has 3 aromatic rings. The van der Waals surface area contributed by atoms with Crippen molar-refractivity contribution < 1.29 is 38.2 Å². The summed E-state index contributed by atoms with van der Waals surface area (Å²) in [4.78, 5) is 65.1. The molecule has 4 atom stereocenters. The second-order valence-corrected chi connectivity index (χ2v) is 14.3. The Bertz CT molecular complexity index is 1780. The summed E-state index contributed by atoms with van der Waals surface area (Å²) in [6, 6.07) is 27.3. The molecule has 1 aliphatic carbocycles. The second-order valence-electron chi connectivity index (χ2n) is 14.3. The van der Waals surface area contributed by atoms with E-state index in [4.69, 9.17) is 19.6 Å². The quantitative estimate of drug-likeness (QED) is 0.0485. The number of para-hydroxylation sites is 1. The van der Waals surface area contributed by atoms with E-state index in [1.165, 1.54) is 0 Å². The lowest BCUT2D eigenvalue weighted by Gasteiger charge is -2.45. The van der Waals surface area contributed by atoms with Gasteiger partial charge >= 0.3 is 12.2 Å². The number of unbranched alkanes of at least 4 members (excludes halogenated alkanes) is 2. The van der Waals surface area contributed by atoms with E-state index in [2.05, 4.69) is 21.3 Å². The summed E-state index contributed by atoms with van der Waals surface area (Å²) in [5.74, 6) is -0.385. The number of alkyl carbamates (subject to hydrolysis) is 1. The predicted molar refractivity (Wildman–Crippen MR) is 208 cm³/mol. The molecular weight excluding hydrogens is 716 g/mol. The van der Waals surface area contributed by atoms with Crippen LogP contribution in [0.25, 0.3) is 0 Å². The molecule has 3 aromatic carbocycles. The van der Waals surface area contributed by atoms with Gasteiger partial charge in [-0.25, -0.2) is 14.5 Å². The van der Waals surface area contributed by atoms with Crippen molar-refractivity contribution in [3.8, 4) is 5.75 Å². The van der Waals surface area contributed by atoms with Crippen LogP contribution < -0.4 is 26.0 Å². The van der Waals surface area contributed by atoms with Crippen LogP contribution in [0.2, 0.25) is 0 Å². The third-order valence-corrected chi connectivity index (χ3v) is 10.1. The summed E-state index contributed by atoms with van der Waals surface area (Å²) >= 11 is 0. The van der Waals surface area contributed by atoms with Gasteiger partial charge in [0.15, 0.2) is 5.54 Å². The van der Waals surface area contributed by atoms with Gasteiger partial charge in [0.25, 0.3) is 5.91 Å². The minimum absolute atomic E-state index is 0.00274. The lowest BCUT2D eigenvalue weighted by molar-refractivity contribution is -0.153. The first-order valence-electron chi connectivity index (χ1n) is 19.3. The van der Waals surface area contributed by atoms with Crippen LogP contribution in [0.1, 0.15) is 82.3 Å². The molecule has 1 heterocycles. The number of ether oxygens (including phenoxy) is 3. The normalized spacial score (nSPS) is 19.9. The van der Waals surface area contributed by atoms with Crippen molar-refractivity contribution in [1.82, 2.24) is 26.2 Å². The summed E-state index contributed by atoms with van der Waals surface area (Å²) in [6.07, 6.45) is 4.03. The number of β-lactam (4-membered cyclic amide) rings is 1. The molecule has 1 aliphatic heterocycles. The maximum atomic E-state index is 13.1. The number of carbonyl (C=O) groups excluding carboxylic acids is 5. The summed E-state index contributed by atoms with van der Waals surface area (Å²) < 4.78 is 16.6. The second kappa shape index (κ2) is 20.7. The van der Waals surface area contributed by atoms with Crippen molar-refractivity contribution in [3.63, 3.8) is 0 Å². The van der Waals surface area contributed by atoms with Gasteiger partial charge in [-0.2, -0.15) is 0 Å². The lowest BCUT2D eigenvalue weighted by Crippen LogP contribution is -2.79. The number of nitrogens with one attached hydrogen (secondary N) is 5. The summed E-state index contributed by atoms with van der Waals surface area (Å²) in [6.45, 7) is 1.74. The fraction of sp³-hybridized carbons (Fsp3) is 0.429. The molecule has 0 bridgehead atoms. The summed E-state index contributed by atoms with van der Waals surface area (Å²) in [5.41, 5.74) is 0.368. The van der Waals surface area contributed by atoms with Crippen LogP contribution in [0.3, 0.4) is 0 Å². The molecule has 56 heavy (non-hydrogen) atoms. The first-order chi connectivity index (χ1) is 27.1. The zero-order valence-electron chi connectivity index (χ0n) is 31.8. The Labute approximate surface area is 327 Å². The predicted octanol–water partition coefficient (Wildman–Crippen LogP) is 5.91. The van der Waals surface area contributed by atoms with Crippen LogP contribution in [0, 0.1) is 11.3 Å². The molecule has 2 fully saturated rings. The van der Waals surface area contributed by atoms with Crippen molar-refractivity contribution in [1.29, 1.82) is 5.41 Å². The highest BCUT2D eigenvalue weighted by Crippen LogP contribution is 2.29. The molecule has 1 unspecified atom stereocenters. The van der Waals surface area contributed by atoms with Gasteiger partial charge in [0.05, 0.1) is 0 Å². The third-order valence-electron chi connectivity index (χ3n) is 10.1. The zero-order chi connectivity index (χ0) is 39.8. The molecule has 14 nitrogen and oxygen atoms in total. The molecule has 1 saturated heterocycles. The average molecular weight is 769 g/mol. The van der Waals surface area contributed by atoms with E-state index >= 15 is 0 Å². The van der Waals surface area contributed by atoms with Crippen molar-refractivity contribution in [2.45, 2.75) is 102 Å². The van der Waals surface area contributed by atoms with Crippen molar-refractivity contribution in [2.75, 3.05) is 6.54 Å². The van der Waals surface area contributed by atoms with Gasteiger partial charge in [-0.3, -0.25) is 25.1 Å². The van der Waals surface area contributed by atoms with Gasteiger partial charge < -0.3 is 30.2 Å². The SMILES string of the molecule is C[C@@]1(NC(=O)CCC2CCCC[C@@H]2NC(=O)CCCCCN(C(=N)NC(=O)OCc2ccccc2)C(=O)OCc2ccccc2)C(=O)N[C@H]1Oc1ccccc1. The molecule has 5 amide bonds. The first-order valence-corrected chi connectivity index (χ1v) is 19.3. The number of rotatable bonds is 17. The monoisotopic (exact) mass is 768 g/mol. The van der Waals surface area contributed by atoms with Crippen LogP contribution in [0.15, 0.2) is 91.0 Å². The van der Waals surface area contributed by atoms with E-state index in [1.54, 1.807) is 31.2 Å². The van der Waals surface area contributed by atoms with Crippen molar-refractivity contribution in [3.05, 3.63) is 102 Å². The van der Waals surface area contributed by atoms with Gasteiger partial charge in [0, 0.05) is 25.4 Å². The highest BCUT2D eigenvalue weighted by atomic mass is 16.6. The fourth-order valence-corrected chi connectivity index (χ4v) is 6.80. The van der Waals surface area contributed by atoms with E-state index in [9.17, 15) is 24.0 Å². The van der Waals surface area contributed by atoms with Gasteiger partial charge in [-0.1, -0.05) is 98.1 Å². The largest absolute Gasteiger partial charge is 0.468 e. The van der Waals surface area contributed by atoms with Crippen molar-refractivity contribution >= 4 is 35.9 Å². The molecule has 14 heteroatoms. The first kappa shape index (κ1) is 41.2. The number of carbonyl (C=O) groups is 5. The topological polar surface area (TPSA) is 188 Å². The Morgan fingerprint density at radius 2 is 1.43 bits per heavy atom. The minimum Gasteiger partial charge on any atom is -0.468 e. The lowest BCUT2D eigenvalue weighted by atomic mass is 9.81. The van der Waals surface area contributed by atoms with E-state index in [0.717, 1.165) is 41.7 Å². The van der Waals surface area contributed by atoms with Crippen LogP contribution in [-0.4, -0.2) is 65.1 Å². The number of hydrogen-bond donors (Lipinski definition) is 5. The Morgan fingerprint density at radius 3 is 2.09 bits per heavy atom. The Balaban J connectivity index is 1.04. The number of nitrogens with zero attached hydrogens (tertiary/aromatic N) is 1. The summed E-state index contributed by atoms with van der Waals surface area (Å²) in [5, 5.41) is 19.5. The maximum Gasteiger partial charge on any atom is 0.416 e. The third kappa shape index (κ3) is 12.3. The molecule has 5 N–H and O–H groups in total. The van der Waals surface area contributed by atoms with Gasteiger partial charge in [0.2, 0.25) is 24.0 Å². The van der Waals surface area contributed by atoms with Gasteiger partial charge in [-0.15, -0.1) is 0 Å². The van der Waals surface area contributed by atoms with Gasteiger partial charge in [-0.05, 0) is 68.2 Å². The molecule has 2 aliphatic rings. The zero-order valence-corrected chi connectivity index (χ0v) is 31.8.